The lowest BCUT2D eigenvalue weighted by molar-refractivity contribution is -0.133. The van der Waals surface area contributed by atoms with Crippen LogP contribution in [0.4, 0.5) is 5.69 Å². The normalized spacial score (nSPS) is 14.0. The largest absolute Gasteiger partial charge is 0.484 e. The van der Waals surface area contributed by atoms with Crippen LogP contribution >= 0.6 is 0 Å². The Labute approximate surface area is 107 Å². The van der Waals surface area contributed by atoms with Crippen molar-refractivity contribution in [2.45, 2.75) is 18.9 Å². The Hall–Kier alpha value is -1.97. The molecule has 1 saturated carbocycles. The maximum Gasteiger partial charge on any atom is 0.261 e. The second-order valence-corrected chi connectivity index (χ2v) is 4.42. The first-order valence-electron chi connectivity index (χ1n) is 6.09. The predicted octanol–water partition coefficient (Wildman–Crippen LogP) is 1.82. The van der Waals surface area contributed by atoms with Crippen LogP contribution in [-0.4, -0.2) is 30.0 Å². The maximum atomic E-state index is 12.0. The summed E-state index contributed by atoms with van der Waals surface area (Å²) in [5.74, 6) is 0.668. The van der Waals surface area contributed by atoms with Gasteiger partial charge in [0.25, 0.3) is 5.91 Å². The van der Waals surface area contributed by atoms with Crippen LogP contribution in [0.1, 0.15) is 12.8 Å². The lowest BCUT2D eigenvalue weighted by Gasteiger charge is -2.20. The van der Waals surface area contributed by atoms with E-state index >= 15 is 0 Å². The highest BCUT2D eigenvalue weighted by molar-refractivity contribution is 5.78. The van der Waals surface area contributed by atoms with Gasteiger partial charge in [0.2, 0.25) is 0 Å². The van der Waals surface area contributed by atoms with Gasteiger partial charge in [-0.25, -0.2) is 0 Å². The quantitative estimate of drug-likeness (QED) is 0.615. The number of hydrogen-bond donors (Lipinski definition) is 1. The summed E-state index contributed by atoms with van der Waals surface area (Å²) in [4.78, 5) is 13.8. The summed E-state index contributed by atoms with van der Waals surface area (Å²) in [7, 11) is 0. The summed E-state index contributed by atoms with van der Waals surface area (Å²) in [6.07, 6.45) is 3.92. The first-order valence-corrected chi connectivity index (χ1v) is 6.09. The van der Waals surface area contributed by atoms with Crippen LogP contribution < -0.4 is 10.5 Å². The zero-order chi connectivity index (χ0) is 13.0. The van der Waals surface area contributed by atoms with E-state index in [0.717, 1.165) is 12.8 Å². The van der Waals surface area contributed by atoms with E-state index < -0.39 is 0 Å². The fourth-order valence-electron chi connectivity index (χ4n) is 1.77. The summed E-state index contributed by atoms with van der Waals surface area (Å²) in [6, 6.07) is 7.41. The number of anilines is 1. The SMILES string of the molecule is C=CCN(C(=O)COc1ccc(N)cc1)C1CC1. The lowest BCUT2D eigenvalue weighted by Crippen LogP contribution is -2.36. The fourth-order valence-corrected chi connectivity index (χ4v) is 1.77. The standard InChI is InChI=1S/C14H18N2O2/c1-2-9-16(12-5-6-12)14(17)10-18-13-7-3-11(15)4-8-13/h2-4,7-8,12H,1,5-6,9-10,15H2. The van der Waals surface area contributed by atoms with Crippen LogP contribution in [-0.2, 0) is 4.79 Å². The number of amides is 1. The molecule has 1 aromatic carbocycles. The predicted molar refractivity (Wildman–Crippen MR) is 71.3 cm³/mol. The Morgan fingerprint density at radius 1 is 1.44 bits per heavy atom. The van der Waals surface area contributed by atoms with Crippen molar-refractivity contribution in [3.8, 4) is 5.75 Å². The molecule has 1 aliphatic carbocycles. The zero-order valence-electron chi connectivity index (χ0n) is 10.3. The van der Waals surface area contributed by atoms with Crippen LogP contribution in [0.25, 0.3) is 0 Å². The minimum absolute atomic E-state index is 0.00854. The summed E-state index contributed by atoms with van der Waals surface area (Å²) in [5, 5.41) is 0. The summed E-state index contributed by atoms with van der Waals surface area (Å²) in [6.45, 7) is 4.33. The molecule has 0 unspecified atom stereocenters. The van der Waals surface area contributed by atoms with E-state index in [1.54, 1.807) is 30.3 Å². The number of ether oxygens (including phenoxy) is 1. The van der Waals surface area contributed by atoms with E-state index in [1.807, 2.05) is 4.90 Å². The van der Waals surface area contributed by atoms with Gasteiger partial charge in [-0.2, -0.15) is 0 Å². The van der Waals surface area contributed by atoms with Crippen molar-refractivity contribution in [1.29, 1.82) is 0 Å². The lowest BCUT2D eigenvalue weighted by atomic mass is 10.3. The number of carbonyl (C=O) groups excluding carboxylic acids is 1. The van der Waals surface area contributed by atoms with Gasteiger partial charge in [-0.15, -0.1) is 6.58 Å². The number of benzene rings is 1. The molecule has 0 spiro atoms. The van der Waals surface area contributed by atoms with Gasteiger partial charge in [-0.3, -0.25) is 4.79 Å². The van der Waals surface area contributed by atoms with Crippen molar-refractivity contribution in [3.63, 3.8) is 0 Å². The van der Waals surface area contributed by atoms with E-state index in [9.17, 15) is 4.79 Å². The number of nitrogen functional groups attached to an aromatic ring is 1. The molecule has 0 heterocycles. The second kappa shape index (κ2) is 5.58. The molecule has 4 nitrogen and oxygen atoms in total. The smallest absolute Gasteiger partial charge is 0.261 e. The molecule has 0 saturated heterocycles. The van der Waals surface area contributed by atoms with E-state index in [4.69, 9.17) is 10.5 Å². The van der Waals surface area contributed by atoms with Gasteiger partial charge in [-0.1, -0.05) is 6.08 Å². The Morgan fingerprint density at radius 3 is 2.67 bits per heavy atom. The van der Waals surface area contributed by atoms with Crippen molar-refractivity contribution < 1.29 is 9.53 Å². The molecule has 2 rings (SSSR count). The van der Waals surface area contributed by atoms with Gasteiger partial charge in [0.15, 0.2) is 6.61 Å². The Kier molecular flexibility index (Phi) is 3.87. The molecular weight excluding hydrogens is 228 g/mol. The second-order valence-electron chi connectivity index (χ2n) is 4.42. The first kappa shape index (κ1) is 12.5. The number of rotatable bonds is 6. The third-order valence-electron chi connectivity index (χ3n) is 2.88. The van der Waals surface area contributed by atoms with Crippen molar-refractivity contribution in [2.24, 2.45) is 0 Å². The average molecular weight is 246 g/mol. The Bertz CT molecular complexity index is 424. The number of nitrogens with zero attached hydrogens (tertiary/aromatic N) is 1. The highest BCUT2D eigenvalue weighted by atomic mass is 16.5. The molecule has 1 fully saturated rings. The van der Waals surface area contributed by atoms with Crippen LogP contribution in [0.2, 0.25) is 0 Å². The van der Waals surface area contributed by atoms with Gasteiger partial charge < -0.3 is 15.4 Å². The minimum Gasteiger partial charge on any atom is -0.484 e. The van der Waals surface area contributed by atoms with Gasteiger partial charge in [0.1, 0.15) is 5.75 Å². The number of nitrogens with two attached hydrogens (primary N) is 1. The molecule has 0 aromatic heterocycles. The minimum atomic E-state index is 0.00854. The molecule has 4 heteroatoms. The first-order chi connectivity index (χ1) is 8.70. The van der Waals surface area contributed by atoms with Gasteiger partial charge >= 0.3 is 0 Å². The van der Waals surface area contributed by atoms with Crippen molar-refractivity contribution in [1.82, 2.24) is 4.90 Å². The fraction of sp³-hybridized carbons (Fsp3) is 0.357. The van der Waals surface area contributed by atoms with Crippen LogP contribution in [0.5, 0.6) is 5.75 Å². The van der Waals surface area contributed by atoms with Crippen molar-refractivity contribution >= 4 is 11.6 Å². The third kappa shape index (κ3) is 3.26. The van der Waals surface area contributed by atoms with Crippen molar-refractivity contribution in [3.05, 3.63) is 36.9 Å². The van der Waals surface area contributed by atoms with E-state index in [-0.39, 0.29) is 12.5 Å². The topological polar surface area (TPSA) is 55.6 Å². The van der Waals surface area contributed by atoms with E-state index in [1.165, 1.54) is 0 Å². The third-order valence-corrected chi connectivity index (χ3v) is 2.88. The molecular formula is C14H18N2O2. The molecule has 0 aliphatic heterocycles. The van der Waals surface area contributed by atoms with Crippen LogP contribution in [0.15, 0.2) is 36.9 Å². The van der Waals surface area contributed by atoms with E-state index in [2.05, 4.69) is 6.58 Å². The summed E-state index contributed by atoms with van der Waals surface area (Å²) in [5.41, 5.74) is 6.26. The highest BCUT2D eigenvalue weighted by Gasteiger charge is 2.31. The molecule has 0 radical (unpaired) electrons. The monoisotopic (exact) mass is 246 g/mol. The van der Waals surface area contributed by atoms with Crippen LogP contribution in [0, 0.1) is 0 Å². The van der Waals surface area contributed by atoms with Gasteiger partial charge in [-0.05, 0) is 37.1 Å². The van der Waals surface area contributed by atoms with Gasteiger partial charge in [0, 0.05) is 18.3 Å². The maximum absolute atomic E-state index is 12.0. The Balaban J connectivity index is 1.86. The molecule has 96 valence electrons. The van der Waals surface area contributed by atoms with Gasteiger partial charge in [0.05, 0.1) is 0 Å². The number of carbonyl (C=O) groups is 1. The molecule has 1 aliphatic rings. The average Bonchev–Trinajstić information content (AvgIpc) is 3.19. The summed E-state index contributed by atoms with van der Waals surface area (Å²) >= 11 is 0. The summed E-state index contributed by atoms with van der Waals surface area (Å²) < 4.78 is 5.45. The molecule has 1 aromatic rings. The number of hydrogen-bond acceptors (Lipinski definition) is 3. The zero-order valence-corrected chi connectivity index (χ0v) is 10.3. The van der Waals surface area contributed by atoms with Crippen LogP contribution in [0.3, 0.4) is 0 Å². The Morgan fingerprint density at radius 2 is 2.11 bits per heavy atom. The van der Waals surface area contributed by atoms with E-state index in [0.29, 0.717) is 24.0 Å². The molecule has 1 amide bonds. The molecule has 0 bridgehead atoms. The highest BCUT2D eigenvalue weighted by Crippen LogP contribution is 2.26. The molecule has 18 heavy (non-hydrogen) atoms. The molecule has 0 atom stereocenters. The van der Waals surface area contributed by atoms with Crippen molar-refractivity contribution in [2.75, 3.05) is 18.9 Å². The molecule has 2 N–H and O–H groups in total.